The van der Waals surface area contributed by atoms with E-state index in [9.17, 15) is 24.9 Å². The first-order valence-corrected chi connectivity index (χ1v) is 14.6. The number of fused-ring (bicyclic) bond motifs is 1. The van der Waals surface area contributed by atoms with Crippen LogP contribution in [0.2, 0.25) is 0 Å². The predicted molar refractivity (Wildman–Crippen MR) is 147 cm³/mol. The SMILES string of the molecule is C[C@H](CC(O)C(=O)O)[C@H]1CC[C@H]2C(=C/C=C3/C[C@H](O)C[C@@H](O)[C@@H]3C)CCC[C@]12C.NC(=O)N1CCCCC1. The van der Waals surface area contributed by atoms with E-state index in [4.69, 9.17) is 10.8 Å². The Hall–Kier alpha value is -1.90. The van der Waals surface area contributed by atoms with Crippen LogP contribution in [-0.4, -0.2) is 68.7 Å². The van der Waals surface area contributed by atoms with Crippen molar-refractivity contribution in [2.45, 2.75) is 110 Å². The van der Waals surface area contributed by atoms with Crippen LogP contribution in [0.15, 0.2) is 23.3 Å². The van der Waals surface area contributed by atoms with Crippen molar-refractivity contribution in [3.8, 4) is 0 Å². The number of aliphatic hydroxyl groups excluding tert-OH is 3. The third-order valence-electron chi connectivity index (χ3n) is 9.93. The molecular formula is C30H50N2O6. The summed E-state index contributed by atoms with van der Waals surface area (Å²) in [4.78, 5) is 23.3. The number of piperidine rings is 1. The van der Waals surface area contributed by atoms with E-state index in [1.54, 1.807) is 4.90 Å². The summed E-state index contributed by atoms with van der Waals surface area (Å²) >= 11 is 0. The van der Waals surface area contributed by atoms with E-state index >= 15 is 0 Å². The van der Waals surface area contributed by atoms with Gasteiger partial charge in [0.2, 0.25) is 0 Å². The summed E-state index contributed by atoms with van der Waals surface area (Å²) in [6, 6.07) is -0.269. The molecule has 1 aliphatic heterocycles. The molecule has 8 atom stereocenters. The zero-order valence-electron chi connectivity index (χ0n) is 23.5. The van der Waals surface area contributed by atoms with Crippen LogP contribution in [0.3, 0.4) is 0 Å². The third-order valence-corrected chi connectivity index (χ3v) is 9.93. The molecule has 0 aromatic heterocycles. The number of carbonyl (C=O) groups is 2. The average molecular weight is 535 g/mol. The molecule has 0 spiro atoms. The number of hydrogen-bond acceptors (Lipinski definition) is 5. The van der Waals surface area contributed by atoms with Crippen LogP contribution in [0, 0.1) is 29.1 Å². The van der Waals surface area contributed by atoms with E-state index in [1.165, 1.54) is 12.0 Å². The van der Waals surface area contributed by atoms with Crippen molar-refractivity contribution < 1.29 is 30.0 Å². The average Bonchev–Trinajstić information content (AvgIpc) is 3.23. The minimum atomic E-state index is -1.28. The summed E-state index contributed by atoms with van der Waals surface area (Å²) in [7, 11) is 0. The van der Waals surface area contributed by atoms with Crippen molar-refractivity contribution in [2.24, 2.45) is 34.8 Å². The topological polar surface area (TPSA) is 144 Å². The molecule has 0 radical (unpaired) electrons. The van der Waals surface area contributed by atoms with Crippen molar-refractivity contribution >= 4 is 12.0 Å². The van der Waals surface area contributed by atoms with Crippen LogP contribution < -0.4 is 5.73 Å². The molecule has 0 aromatic rings. The van der Waals surface area contributed by atoms with Crippen LogP contribution in [-0.2, 0) is 4.79 Å². The Morgan fingerprint density at radius 3 is 2.37 bits per heavy atom. The Kier molecular flexibility index (Phi) is 10.8. The van der Waals surface area contributed by atoms with Gasteiger partial charge in [-0.25, -0.2) is 9.59 Å². The lowest BCUT2D eigenvalue weighted by molar-refractivity contribution is -0.147. The van der Waals surface area contributed by atoms with Crippen molar-refractivity contribution in [3.63, 3.8) is 0 Å². The summed E-state index contributed by atoms with van der Waals surface area (Å²) in [6.45, 7) is 8.20. The molecule has 0 bridgehead atoms. The molecule has 4 aliphatic rings. The highest BCUT2D eigenvalue weighted by Crippen LogP contribution is 2.59. The molecule has 3 aliphatic carbocycles. The molecule has 1 unspecified atom stereocenters. The Bertz CT molecular complexity index is 882. The van der Waals surface area contributed by atoms with Gasteiger partial charge in [-0.3, -0.25) is 0 Å². The Morgan fingerprint density at radius 2 is 1.76 bits per heavy atom. The number of likely N-dealkylation sites (tertiary alicyclic amines) is 1. The number of carboxylic acid groups (broad SMARTS) is 1. The van der Waals surface area contributed by atoms with Gasteiger partial charge in [-0.2, -0.15) is 0 Å². The van der Waals surface area contributed by atoms with E-state index < -0.39 is 24.3 Å². The summed E-state index contributed by atoms with van der Waals surface area (Å²) in [5.74, 6) is 0.0568. The van der Waals surface area contributed by atoms with E-state index in [-0.39, 0.29) is 23.3 Å². The van der Waals surface area contributed by atoms with Crippen LogP contribution in [0.25, 0.3) is 0 Å². The fourth-order valence-electron chi connectivity index (χ4n) is 7.65. The van der Waals surface area contributed by atoms with E-state index in [0.717, 1.165) is 63.6 Å². The molecule has 4 rings (SSSR count). The molecule has 4 fully saturated rings. The highest BCUT2D eigenvalue weighted by molar-refractivity contribution is 5.72. The molecule has 216 valence electrons. The lowest BCUT2D eigenvalue weighted by Gasteiger charge is -2.44. The third kappa shape index (κ3) is 7.39. The number of rotatable bonds is 5. The number of primary amides is 1. The summed E-state index contributed by atoms with van der Waals surface area (Å²) in [5.41, 5.74) is 7.79. The molecule has 8 heteroatoms. The number of carbonyl (C=O) groups excluding carboxylic acids is 1. The maximum atomic E-state index is 11.1. The largest absolute Gasteiger partial charge is 0.479 e. The number of amides is 2. The van der Waals surface area contributed by atoms with Gasteiger partial charge in [0, 0.05) is 25.4 Å². The standard InChI is InChI=1S/C24H38O5.C6H12N2O/c1-14(11-22(27)23(28)29)19-8-9-20-16(5-4-10-24(19,20)3)6-7-17-12-18(25)13-21(26)15(17)2;7-6(9)8-4-2-1-3-5-8/h6-7,14-15,18-22,25-27H,4-5,8-13H2,1-3H3,(H,28,29);1-5H2,(H2,7,9)/b16-6?,17-7-;/t14-,15-,18+,19-,20+,21-,22?,24-;/m1./s1. The zero-order chi connectivity index (χ0) is 28.0. The summed E-state index contributed by atoms with van der Waals surface area (Å²) in [5, 5.41) is 39.1. The van der Waals surface area contributed by atoms with E-state index in [0.29, 0.717) is 31.1 Å². The summed E-state index contributed by atoms with van der Waals surface area (Å²) in [6.07, 6.45) is 12.6. The predicted octanol–water partition coefficient (Wildman–Crippen LogP) is 4.23. The molecule has 8 nitrogen and oxygen atoms in total. The van der Waals surface area contributed by atoms with Crippen LogP contribution in [0.1, 0.15) is 91.4 Å². The normalized spacial score (nSPS) is 37.2. The quantitative estimate of drug-likeness (QED) is 0.357. The highest BCUT2D eigenvalue weighted by atomic mass is 16.4. The molecular weight excluding hydrogens is 484 g/mol. The van der Waals surface area contributed by atoms with Crippen LogP contribution >= 0.6 is 0 Å². The summed E-state index contributed by atoms with van der Waals surface area (Å²) < 4.78 is 0. The van der Waals surface area contributed by atoms with Gasteiger partial charge in [-0.1, -0.05) is 44.1 Å². The first kappa shape index (κ1) is 30.6. The van der Waals surface area contributed by atoms with E-state index in [1.807, 2.05) is 6.92 Å². The highest BCUT2D eigenvalue weighted by Gasteiger charge is 2.51. The smallest absolute Gasteiger partial charge is 0.332 e. The Balaban J connectivity index is 0.000000375. The van der Waals surface area contributed by atoms with Gasteiger partial charge in [0.05, 0.1) is 12.2 Å². The van der Waals surface area contributed by atoms with Crippen molar-refractivity contribution in [1.82, 2.24) is 4.90 Å². The number of aliphatic hydroxyl groups is 3. The molecule has 6 N–H and O–H groups in total. The van der Waals surface area contributed by atoms with Gasteiger partial charge in [-0.05, 0) is 87.4 Å². The second-order valence-corrected chi connectivity index (χ2v) is 12.5. The minimum absolute atomic E-state index is 0.0825. The number of hydrogen-bond donors (Lipinski definition) is 5. The molecule has 3 saturated carbocycles. The van der Waals surface area contributed by atoms with Gasteiger partial charge in [0.15, 0.2) is 6.10 Å². The maximum absolute atomic E-state index is 11.1. The monoisotopic (exact) mass is 534 g/mol. The lowest BCUT2D eigenvalue weighted by atomic mass is 9.60. The second kappa shape index (κ2) is 13.4. The fourth-order valence-corrected chi connectivity index (χ4v) is 7.65. The number of allylic oxidation sites excluding steroid dienone is 3. The fraction of sp³-hybridized carbons (Fsp3) is 0.800. The number of nitrogens with two attached hydrogens (primary N) is 1. The van der Waals surface area contributed by atoms with Crippen molar-refractivity contribution in [1.29, 1.82) is 0 Å². The minimum Gasteiger partial charge on any atom is -0.479 e. The zero-order valence-corrected chi connectivity index (χ0v) is 23.5. The Morgan fingerprint density at radius 1 is 1.11 bits per heavy atom. The molecule has 1 heterocycles. The van der Waals surface area contributed by atoms with Gasteiger partial charge < -0.3 is 31.1 Å². The number of nitrogens with zero attached hydrogens (tertiary/aromatic N) is 1. The first-order valence-electron chi connectivity index (χ1n) is 14.6. The lowest BCUT2D eigenvalue weighted by Crippen LogP contribution is -2.39. The van der Waals surface area contributed by atoms with Crippen molar-refractivity contribution in [3.05, 3.63) is 23.3 Å². The van der Waals surface area contributed by atoms with Crippen molar-refractivity contribution in [2.75, 3.05) is 13.1 Å². The van der Waals surface area contributed by atoms with Gasteiger partial charge in [0.1, 0.15) is 0 Å². The number of aliphatic carboxylic acids is 1. The molecule has 38 heavy (non-hydrogen) atoms. The number of urea groups is 1. The van der Waals surface area contributed by atoms with Gasteiger partial charge >= 0.3 is 12.0 Å². The molecule has 0 aromatic carbocycles. The van der Waals surface area contributed by atoms with E-state index in [2.05, 4.69) is 26.0 Å². The number of carboxylic acids is 1. The second-order valence-electron chi connectivity index (χ2n) is 12.5. The molecule has 1 saturated heterocycles. The first-order chi connectivity index (χ1) is 17.9. The van der Waals surface area contributed by atoms with Crippen LogP contribution in [0.4, 0.5) is 4.79 Å². The maximum Gasteiger partial charge on any atom is 0.332 e. The van der Waals surface area contributed by atoms with Gasteiger partial charge in [-0.15, -0.1) is 0 Å². The van der Waals surface area contributed by atoms with Gasteiger partial charge in [0.25, 0.3) is 0 Å². The Labute approximate surface area is 228 Å². The molecule has 2 amide bonds. The van der Waals surface area contributed by atoms with Crippen LogP contribution in [0.5, 0.6) is 0 Å².